The quantitative estimate of drug-likeness (QED) is 0.916. The van der Waals surface area contributed by atoms with Crippen LogP contribution in [0.25, 0.3) is 0 Å². The van der Waals surface area contributed by atoms with Gasteiger partial charge in [-0.1, -0.05) is 6.07 Å². The average molecular weight is 292 g/mol. The average Bonchev–Trinajstić information content (AvgIpc) is 3.28. The Kier molecular flexibility index (Phi) is 3.60. The minimum Gasteiger partial charge on any atom is -0.476 e. The van der Waals surface area contributed by atoms with E-state index in [0.717, 1.165) is 18.9 Å². The van der Waals surface area contributed by atoms with Crippen molar-refractivity contribution in [2.24, 2.45) is 5.92 Å². The number of rotatable bonds is 5. The van der Waals surface area contributed by atoms with Gasteiger partial charge in [-0.15, -0.1) is 0 Å². The third kappa shape index (κ3) is 3.21. The van der Waals surface area contributed by atoms with E-state index in [1.165, 1.54) is 18.2 Å². The molecule has 21 heavy (non-hydrogen) atoms. The van der Waals surface area contributed by atoms with Gasteiger partial charge >= 0.3 is 0 Å². The van der Waals surface area contributed by atoms with Gasteiger partial charge < -0.3 is 15.2 Å². The monoisotopic (exact) mass is 292 g/mol. The number of hydrogen-bond acceptors (Lipinski definition) is 4. The molecule has 1 saturated carbocycles. The lowest BCUT2D eigenvalue weighted by Crippen LogP contribution is -2.04. The van der Waals surface area contributed by atoms with E-state index in [4.69, 9.17) is 15.2 Å². The zero-order valence-electron chi connectivity index (χ0n) is 11.2. The van der Waals surface area contributed by atoms with Crippen molar-refractivity contribution in [3.05, 3.63) is 42.0 Å². The lowest BCUT2D eigenvalue weighted by atomic mass is 10.3. The Labute approximate surface area is 120 Å². The van der Waals surface area contributed by atoms with Crippen molar-refractivity contribution in [1.29, 1.82) is 0 Å². The number of ether oxygens (including phenoxy) is 2. The highest BCUT2D eigenvalue weighted by atomic mass is 19.2. The molecule has 0 aliphatic heterocycles. The van der Waals surface area contributed by atoms with Crippen LogP contribution in [0.5, 0.6) is 17.5 Å². The highest BCUT2D eigenvalue weighted by Crippen LogP contribution is 2.32. The molecule has 0 unspecified atom stereocenters. The molecule has 1 heterocycles. The summed E-state index contributed by atoms with van der Waals surface area (Å²) in [5.74, 6) is -1.38. The van der Waals surface area contributed by atoms with E-state index in [2.05, 4.69) is 4.98 Å². The van der Waals surface area contributed by atoms with Gasteiger partial charge in [0, 0.05) is 6.07 Å². The fourth-order valence-corrected chi connectivity index (χ4v) is 1.76. The van der Waals surface area contributed by atoms with Crippen LogP contribution in [0.3, 0.4) is 0 Å². The van der Waals surface area contributed by atoms with Crippen molar-refractivity contribution >= 4 is 5.69 Å². The molecule has 3 rings (SSSR count). The van der Waals surface area contributed by atoms with Crippen molar-refractivity contribution in [1.82, 2.24) is 4.98 Å². The predicted molar refractivity (Wildman–Crippen MR) is 73.3 cm³/mol. The van der Waals surface area contributed by atoms with Crippen LogP contribution in [0.2, 0.25) is 0 Å². The van der Waals surface area contributed by atoms with Gasteiger partial charge in [-0.2, -0.15) is 9.37 Å². The third-order valence-corrected chi connectivity index (χ3v) is 3.15. The zero-order valence-corrected chi connectivity index (χ0v) is 11.2. The summed E-state index contributed by atoms with van der Waals surface area (Å²) in [6.07, 6.45) is 2.29. The van der Waals surface area contributed by atoms with Crippen LogP contribution in [0, 0.1) is 17.6 Å². The maximum atomic E-state index is 13.5. The molecular weight excluding hydrogens is 278 g/mol. The van der Waals surface area contributed by atoms with E-state index in [9.17, 15) is 8.78 Å². The molecule has 0 saturated heterocycles. The van der Waals surface area contributed by atoms with Crippen molar-refractivity contribution in [2.75, 3.05) is 12.3 Å². The number of benzene rings is 1. The summed E-state index contributed by atoms with van der Waals surface area (Å²) in [5, 5.41) is 0. The van der Waals surface area contributed by atoms with Crippen LogP contribution in [0.1, 0.15) is 12.8 Å². The fourth-order valence-electron chi connectivity index (χ4n) is 1.76. The Morgan fingerprint density at radius 2 is 2.00 bits per heavy atom. The maximum Gasteiger partial charge on any atom is 0.240 e. The third-order valence-electron chi connectivity index (χ3n) is 3.15. The number of pyridine rings is 1. The molecule has 0 atom stereocenters. The summed E-state index contributed by atoms with van der Waals surface area (Å²) >= 11 is 0. The molecule has 1 aromatic carbocycles. The summed E-state index contributed by atoms with van der Waals surface area (Å²) in [6.45, 7) is 0.551. The molecule has 0 spiro atoms. The van der Waals surface area contributed by atoms with Crippen LogP contribution in [0.15, 0.2) is 30.3 Å². The topological polar surface area (TPSA) is 57.4 Å². The van der Waals surface area contributed by atoms with Crippen molar-refractivity contribution in [3.8, 4) is 17.5 Å². The molecular formula is C15H14F2N2O2. The van der Waals surface area contributed by atoms with Gasteiger partial charge in [-0.3, -0.25) is 0 Å². The lowest BCUT2D eigenvalue weighted by Gasteiger charge is -2.10. The van der Waals surface area contributed by atoms with Crippen molar-refractivity contribution in [3.63, 3.8) is 0 Å². The van der Waals surface area contributed by atoms with Crippen LogP contribution < -0.4 is 15.2 Å². The number of hydrogen-bond donors (Lipinski definition) is 1. The SMILES string of the molecule is Nc1ccc(Oc2cccc(F)c2F)nc1OCC1CC1. The second-order valence-electron chi connectivity index (χ2n) is 4.95. The summed E-state index contributed by atoms with van der Waals surface area (Å²) < 4.78 is 37.4. The van der Waals surface area contributed by atoms with Crippen LogP contribution in [-0.2, 0) is 0 Å². The van der Waals surface area contributed by atoms with Gasteiger partial charge in [-0.25, -0.2) is 4.39 Å². The molecule has 2 aromatic rings. The molecule has 6 heteroatoms. The fraction of sp³-hybridized carbons (Fsp3) is 0.267. The molecule has 0 bridgehead atoms. The van der Waals surface area contributed by atoms with Crippen LogP contribution in [0.4, 0.5) is 14.5 Å². The first-order valence-electron chi connectivity index (χ1n) is 6.64. The minimum atomic E-state index is -1.06. The van der Waals surface area contributed by atoms with Crippen molar-refractivity contribution < 1.29 is 18.3 Å². The number of aromatic nitrogens is 1. The van der Waals surface area contributed by atoms with E-state index in [0.29, 0.717) is 18.2 Å². The molecule has 2 N–H and O–H groups in total. The van der Waals surface area contributed by atoms with E-state index >= 15 is 0 Å². The van der Waals surface area contributed by atoms with E-state index < -0.39 is 11.6 Å². The Balaban J connectivity index is 1.78. The highest BCUT2D eigenvalue weighted by Gasteiger charge is 2.22. The standard InChI is InChI=1S/C15H14F2N2O2/c16-10-2-1-3-12(14(10)17)21-13-7-6-11(18)15(19-13)20-8-9-4-5-9/h1-3,6-7,9H,4-5,8,18H2. The number of nitrogens with two attached hydrogens (primary N) is 1. The van der Waals surface area contributed by atoms with E-state index in [1.807, 2.05) is 0 Å². The summed E-state index contributed by atoms with van der Waals surface area (Å²) in [4.78, 5) is 4.08. The first kappa shape index (κ1) is 13.6. The van der Waals surface area contributed by atoms with Gasteiger partial charge in [-0.05, 0) is 37.0 Å². The first-order chi connectivity index (χ1) is 10.1. The Morgan fingerprint density at radius 1 is 1.19 bits per heavy atom. The summed E-state index contributed by atoms with van der Waals surface area (Å²) in [6, 6.07) is 6.73. The Morgan fingerprint density at radius 3 is 2.76 bits per heavy atom. The number of anilines is 1. The molecule has 0 amide bonds. The van der Waals surface area contributed by atoms with Crippen molar-refractivity contribution in [2.45, 2.75) is 12.8 Å². The van der Waals surface area contributed by atoms with Crippen LogP contribution >= 0.6 is 0 Å². The zero-order chi connectivity index (χ0) is 14.8. The smallest absolute Gasteiger partial charge is 0.240 e. The first-order valence-corrected chi connectivity index (χ1v) is 6.64. The second-order valence-corrected chi connectivity index (χ2v) is 4.95. The van der Waals surface area contributed by atoms with Gasteiger partial charge in [0.2, 0.25) is 17.6 Å². The maximum absolute atomic E-state index is 13.5. The minimum absolute atomic E-state index is 0.0968. The molecule has 4 nitrogen and oxygen atoms in total. The predicted octanol–water partition coefficient (Wildman–Crippen LogP) is 3.52. The van der Waals surface area contributed by atoms with Crippen LogP contribution in [-0.4, -0.2) is 11.6 Å². The molecule has 0 radical (unpaired) electrons. The molecule has 110 valence electrons. The normalized spacial score (nSPS) is 14.0. The van der Waals surface area contributed by atoms with Gasteiger partial charge in [0.1, 0.15) is 0 Å². The molecule has 1 fully saturated rings. The summed E-state index contributed by atoms with van der Waals surface area (Å²) in [7, 11) is 0. The summed E-state index contributed by atoms with van der Waals surface area (Å²) in [5.41, 5.74) is 6.14. The van der Waals surface area contributed by atoms with Gasteiger partial charge in [0.15, 0.2) is 11.6 Å². The Bertz CT molecular complexity index is 660. The van der Waals surface area contributed by atoms with Gasteiger partial charge in [0.25, 0.3) is 0 Å². The lowest BCUT2D eigenvalue weighted by molar-refractivity contribution is 0.286. The molecule has 1 aliphatic carbocycles. The van der Waals surface area contributed by atoms with E-state index in [1.54, 1.807) is 6.07 Å². The Hall–Kier alpha value is -2.37. The van der Waals surface area contributed by atoms with E-state index in [-0.39, 0.29) is 17.5 Å². The number of halogens is 2. The second kappa shape index (κ2) is 5.55. The number of nitrogens with zero attached hydrogens (tertiary/aromatic N) is 1. The highest BCUT2D eigenvalue weighted by molar-refractivity contribution is 5.49. The molecule has 1 aliphatic rings. The molecule has 1 aromatic heterocycles. The largest absolute Gasteiger partial charge is 0.476 e. The number of nitrogen functional groups attached to an aromatic ring is 1. The van der Waals surface area contributed by atoms with Gasteiger partial charge in [0.05, 0.1) is 12.3 Å².